The highest BCUT2D eigenvalue weighted by Crippen LogP contribution is 2.25. The van der Waals surface area contributed by atoms with Crippen molar-refractivity contribution in [1.82, 2.24) is 5.48 Å². The van der Waals surface area contributed by atoms with Crippen LogP contribution in [0.2, 0.25) is 0 Å². The van der Waals surface area contributed by atoms with E-state index in [-0.39, 0.29) is 17.7 Å². The van der Waals surface area contributed by atoms with Crippen LogP contribution < -0.4 is 5.48 Å². The van der Waals surface area contributed by atoms with Gasteiger partial charge in [-0.25, -0.2) is 13.9 Å². The second kappa shape index (κ2) is 8.98. The van der Waals surface area contributed by atoms with E-state index >= 15 is 0 Å². The van der Waals surface area contributed by atoms with Gasteiger partial charge < -0.3 is 0 Å². The summed E-state index contributed by atoms with van der Waals surface area (Å²) in [6, 6.07) is 22.0. The number of fused-ring (bicyclic) bond motifs is 1. The lowest BCUT2D eigenvalue weighted by Crippen LogP contribution is -2.37. The Kier molecular flexibility index (Phi) is 6.58. The molecule has 3 aromatic rings. The molecule has 0 heterocycles. The Labute approximate surface area is 177 Å². The van der Waals surface area contributed by atoms with Gasteiger partial charge in [-0.1, -0.05) is 60.7 Å². The van der Waals surface area contributed by atoms with Gasteiger partial charge in [0.1, 0.15) is 0 Å². The molecule has 0 saturated carbocycles. The third-order valence-corrected chi connectivity index (χ3v) is 6.80. The quantitative estimate of drug-likeness (QED) is 0.567. The van der Waals surface area contributed by atoms with Crippen molar-refractivity contribution in [3.63, 3.8) is 0 Å². The van der Waals surface area contributed by atoms with Gasteiger partial charge in [-0.3, -0.25) is 9.63 Å². The first-order valence-electron chi connectivity index (χ1n) is 9.89. The summed E-state index contributed by atoms with van der Waals surface area (Å²) < 4.78 is 27.0. The number of carbonyl (C=O) groups is 1. The fourth-order valence-corrected chi connectivity index (χ4v) is 4.88. The van der Waals surface area contributed by atoms with E-state index in [9.17, 15) is 13.2 Å². The van der Waals surface area contributed by atoms with Crippen LogP contribution in [-0.4, -0.2) is 25.2 Å². The van der Waals surface area contributed by atoms with Gasteiger partial charge in [0.05, 0.1) is 15.7 Å². The molecule has 1 unspecified atom stereocenters. The normalized spacial score (nSPS) is 13.2. The van der Waals surface area contributed by atoms with Gasteiger partial charge >= 0.3 is 0 Å². The van der Waals surface area contributed by atoms with Crippen LogP contribution in [0.3, 0.4) is 0 Å². The minimum atomic E-state index is -3.76. The fraction of sp³-hybridized carbons (Fsp3) is 0.292. The molecule has 1 amide bonds. The molecule has 0 spiro atoms. The van der Waals surface area contributed by atoms with Crippen LogP contribution in [-0.2, 0) is 25.9 Å². The van der Waals surface area contributed by atoms with E-state index in [1.54, 1.807) is 39.0 Å². The molecular weight excluding hydrogens is 398 g/mol. The highest BCUT2D eigenvalue weighted by Gasteiger charge is 2.30. The summed E-state index contributed by atoms with van der Waals surface area (Å²) in [6.07, 6.45) is 0.0407. The van der Waals surface area contributed by atoms with Crippen molar-refractivity contribution in [3.05, 3.63) is 78.4 Å². The fourth-order valence-electron chi connectivity index (χ4n) is 3.16. The molecule has 5 nitrogen and oxygen atoms in total. The number of benzene rings is 3. The van der Waals surface area contributed by atoms with Crippen LogP contribution in [0.5, 0.6) is 0 Å². The molecular formula is C24H27NO4S. The molecule has 0 aliphatic rings. The van der Waals surface area contributed by atoms with Gasteiger partial charge in [0.25, 0.3) is 0 Å². The second-order valence-electron chi connectivity index (χ2n) is 8.31. The first-order chi connectivity index (χ1) is 14.1. The molecule has 0 radical (unpaired) electrons. The first kappa shape index (κ1) is 22.0. The molecule has 6 heteroatoms. The number of hydroxylamine groups is 1. The molecule has 158 valence electrons. The molecule has 30 heavy (non-hydrogen) atoms. The van der Waals surface area contributed by atoms with Gasteiger partial charge in [0.2, 0.25) is 5.91 Å². The van der Waals surface area contributed by atoms with Gasteiger partial charge in [-0.05, 0) is 55.7 Å². The summed E-state index contributed by atoms with van der Waals surface area (Å²) in [4.78, 5) is 18.0. The molecule has 1 N–H and O–H groups in total. The van der Waals surface area contributed by atoms with Gasteiger partial charge in [0.15, 0.2) is 9.84 Å². The lowest BCUT2D eigenvalue weighted by molar-refractivity contribution is -0.145. The summed E-state index contributed by atoms with van der Waals surface area (Å²) in [7, 11) is -3.76. The molecule has 0 saturated heterocycles. The predicted octanol–water partition coefficient (Wildman–Crippen LogP) is 4.46. The average Bonchev–Trinajstić information content (AvgIpc) is 2.71. The van der Waals surface area contributed by atoms with Crippen molar-refractivity contribution in [2.45, 2.75) is 49.4 Å². The van der Waals surface area contributed by atoms with Crippen LogP contribution in [0, 0.1) is 0 Å². The number of carbonyl (C=O) groups excluding carboxylic acids is 1. The highest BCUT2D eigenvalue weighted by atomic mass is 32.2. The van der Waals surface area contributed by atoms with E-state index in [0.717, 1.165) is 16.3 Å². The summed E-state index contributed by atoms with van der Waals surface area (Å²) in [5, 5.41) is 0.898. The van der Waals surface area contributed by atoms with Gasteiger partial charge in [-0.2, -0.15) is 0 Å². The summed E-state index contributed by atoms with van der Waals surface area (Å²) >= 11 is 0. The number of amides is 1. The Balaban J connectivity index is 1.91. The summed E-state index contributed by atoms with van der Waals surface area (Å²) in [6.45, 7) is 5.42. The Morgan fingerprint density at radius 2 is 1.57 bits per heavy atom. The second-order valence-corrected chi connectivity index (χ2v) is 10.5. The highest BCUT2D eigenvalue weighted by molar-refractivity contribution is 7.92. The average molecular weight is 426 g/mol. The minimum absolute atomic E-state index is 0.194. The third kappa shape index (κ3) is 5.68. The zero-order valence-electron chi connectivity index (χ0n) is 17.5. The summed E-state index contributed by atoms with van der Waals surface area (Å²) in [5.41, 5.74) is 2.68. The monoisotopic (exact) mass is 425 g/mol. The summed E-state index contributed by atoms with van der Waals surface area (Å²) in [5.74, 6) is -0.463. The van der Waals surface area contributed by atoms with Gasteiger partial charge in [-0.15, -0.1) is 0 Å². The van der Waals surface area contributed by atoms with Crippen molar-refractivity contribution in [1.29, 1.82) is 0 Å². The molecule has 0 aromatic heterocycles. The number of nitrogens with one attached hydrogen (secondary N) is 1. The Morgan fingerprint density at radius 1 is 0.933 bits per heavy atom. The third-order valence-electron chi connectivity index (χ3n) is 4.68. The molecule has 1 atom stereocenters. The Bertz CT molecular complexity index is 1120. The van der Waals surface area contributed by atoms with Crippen molar-refractivity contribution in [2.24, 2.45) is 0 Å². The van der Waals surface area contributed by atoms with Crippen molar-refractivity contribution >= 4 is 26.5 Å². The van der Waals surface area contributed by atoms with E-state index in [2.05, 4.69) is 5.48 Å². The van der Waals surface area contributed by atoms with E-state index in [1.807, 2.05) is 54.6 Å². The van der Waals surface area contributed by atoms with E-state index in [4.69, 9.17) is 4.84 Å². The zero-order chi connectivity index (χ0) is 21.8. The lowest BCUT2D eigenvalue weighted by Gasteiger charge is -2.21. The smallest absolute Gasteiger partial charge is 0.244 e. The number of sulfone groups is 1. The van der Waals surface area contributed by atoms with Crippen molar-refractivity contribution in [3.8, 4) is 0 Å². The topological polar surface area (TPSA) is 72.5 Å². The molecule has 0 aliphatic carbocycles. The van der Waals surface area contributed by atoms with E-state index < -0.39 is 26.6 Å². The SMILES string of the molecule is CC(C)(C)ONC(=O)CC(Cc1ccccc1)S(=O)(=O)c1ccc2ccccc2c1. The minimum Gasteiger partial charge on any atom is -0.273 e. The molecule has 0 bridgehead atoms. The zero-order valence-corrected chi connectivity index (χ0v) is 18.3. The molecule has 3 aromatic carbocycles. The van der Waals surface area contributed by atoms with Crippen LogP contribution in [0.25, 0.3) is 10.8 Å². The number of rotatable bonds is 7. The van der Waals surface area contributed by atoms with E-state index in [1.165, 1.54) is 0 Å². The maximum Gasteiger partial charge on any atom is 0.244 e. The van der Waals surface area contributed by atoms with Crippen LogP contribution in [0.4, 0.5) is 0 Å². The number of hydrogen-bond donors (Lipinski definition) is 1. The molecule has 0 fully saturated rings. The van der Waals surface area contributed by atoms with Gasteiger partial charge in [0, 0.05) is 6.42 Å². The lowest BCUT2D eigenvalue weighted by atomic mass is 10.1. The Morgan fingerprint density at radius 3 is 2.23 bits per heavy atom. The van der Waals surface area contributed by atoms with Crippen molar-refractivity contribution in [2.75, 3.05) is 0 Å². The van der Waals surface area contributed by atoms with Crippen LogP contribution in [0.1, 0.15) is 32.8 Å². The predicted molar refractivity (Wildman–Crippen MR) is 119 cm³/mol. The Hall–Kier alpha value is -2.70. The maximum absolute atomic E-state index is 13.5. The maximum atomic E-state index is 13.5. The molecule has 3 rings (SSSR count). The standard InChI is InChI=1S/C24H27NO4S/c1-24(2,3)29-25-23(26)17-22(15-18-9-5-4-6-10-18)30(27,28)21-14-13-19-11-7-8-12-20(19)16-21/h4-14,16,22H,15,17H2,1-3H3,(H,25,26). The first-order valence-corrected chi connectivity index (χ1v) is 11.4. The van der Waals surface area contributed by atoms with Crippen LogP contribution >= 0.6 is 0 Å². The molecule has 0 aliphatic heterocycles. The largest absolute Gasteiger partial charge is 0.273 e. The van der Waals surface area contributed by atoms with E-state index in [0.29, 0.717) is 0 Å². The number of hydrogen-bond acceptors (Lipinski definition) is 4. The van der Waals surface area contributed by atoms with Crippen molar-refractivity contribution < 1.29 is 18.0 Å². The van der Waals surface area contributed by atoms with Crippen LogP contribution in [0.15, 0.2) is 77.7 Å².